The maximum absolute atomic E-state index is 6.06. The number of aromatic nitrogens is 2. The molecule has 0 bridgehead atoms. The van der Waals surface area contributed by atoms with E-state index in [-0.39, 0.29) is 0 Å². The largest absolute Gasteiger partial charge is 0.394 e. The Morgan fingerprint density at radius 3 is 2.61 bits per heavy atom. The Morgan fingerprint density at radius 1 is 1.28 bits per heavy atom. The van der Waals surface area contributed by atoms with Gasteiger partial charge >= 0.3 is 0 Å². The molecule has 4 nitrogen and oxygen atoms in total. The summed E-state index contributed by atoms with van der Waals surface area (Å²) in [6, 6.07) is 0.450. The van der Waals surface area contributed by atoms with Gasteiger partial charge in [0, 0.05) is 12.6 Å². The van der Waals surface area contributed by atoms with Crippen molar-refractivity contribution in [3.8, 4) is 0 Å². The van der Waals surface area contributed by atoms with E-state index in [9.17, 15) is 0 Å². The summed E-state index contributed by atoms with van der Waals surface area (Å²) in [4.78, 5) is 0. The lowest BCUT2D eigenvalue weighted by molar-refractivity contribution is 0.584. The van der Waals surface area contributed by atoms with Crippen LogP contribution in [0.4, 0.5) is 11.5 Å². The molecular weight excluding hydrogens is 224 g/mol. The van der Waals surface area contributed by atoms with E-state index in [1.807, 2.05) is 11.6 Å². The monoisotopic (exact) mass is 252 g/mol. The zero-order valence-corrected chi connectivity index (χ0v) is 12.3. The number of anilines is 2. The third-order valence-corrected chi connectivity index (χ3v) is 3.35. The minimum absolute atomic E-state index is 0.450. The van der Waals surface area contributed by atoms with Gasteiger partial charge in [0.2, 0.25) is 0 Å². The van der Waals surface area contributed by atoms with Gasteiger partial charge in [0.1, 0.15) is 5.82 Å². The average molecular weight is 252 g/mol. The number of nitrogen functional groups attached to an aromatic ring is 1. The molecule has 0 fully saturated rings. The third-order valence-electron chi connectivity index (χ3n) is 3.35. The topological polar surface area (TPSA) is 55.9 Å². The molecule has 18 heavy (non-hydrogen) atoms. The standard InChI is InChI=1S/C14H28N4/c1-5-7-8-9-10-11(3)16-14-13(15)12(4)17-18(14)6-2/h11,16H,5-10,15H2,1-4H3. The first-order valence-corrected chi connectivity index (χ1v) is 7.19. The van der Waals surface area contributed by atoms with E-state index in [4.69, 9.17) is 5.73 Å². The van der Waals surface area contributed by atoms with Crippen LogP contribution in [-0.2, 0) is 6.54 Å². The molecule has 3 N–H and O–H groups in total. The van der Waals surface area contributed by atoms with Gasteiger partial charge in [0.25, 0.3) is 0 Å². The number of aryl methyl sites for hydroxylation is 2. The predicted molar refractivity (Wildman–Crippen MR) is 78.9 cm³/mol. The molecule has 1 heterocycles. The zero-order valence-electron chi connectivity index (χ0n) is 12.3. The fourth-order valence-electron chi connectivity index (χ4n) is 2.16. The van der Waals surface area contributed by atoms with E-state index in [1.54, 1.807) is 0 Å². The Bertz CT molecular complexity index is 357. The lowest BCUT2D eigenvalue weighted by atomic mass is 10.1. The Labute approximate surface area is 111 Å². The van der Waals surface area contributed by atoms with Crippen molar-refractivity contribution in [2.75, 3.05) is 11.1 Å². The summed E-state index contributed by atoms with van der Waals surface area (Å²) < 4.78 is 1.95. The summed E-state index contributed by atoms with van der Waals surface area (Å²) in [6.45, 7) is 9.35. The van der Waals surface area contributed by atoms with Crippen LogP contribution < -0.4 is 11.1 Å². The van der Waals surface area contributed by atoms with Gasteiger partial charge in [-0.25, -0.2) is 4.68 Å². The molecule has 1 aromatic rings. The maximum Gasteiger partial charge on any atom is 0.148 e. The van der Waals surface area contributed by atoms with Crippen molar-refractivity contribution in [1.29, 1.82) is 0 Å². The highest BCUT2D eigenvalue weighted by Gasteiger charge is 2.13. The molecule has 0 aliphatic heterocycles. The summed E-state index contributed by atoms with van der Waals surface area (Å²) in [5.74, 6) is 0.984. The van der Waals surface area contributed by atoms with Gasteiger partial charge in [-0.15, -0.1) is 0 Å². The fraction of sp³-hybridized carbons (Fsp3) is 0.786. The van der Waals surface area contributed by atoms with Gasteiger partial charge in [-0.2, -0.15) is 5.10 Å². The molecule has 1 rings (SSSR count). The number of nitrogens with two attached hydrogens (primary N) is 1. The zero-order chi connectivity index (χ0) is 13.5. The first-order chi connectivity index (χ1) is 8.60. The first-order valence-electron chi connectivity index (χ1n) is 7.19. The number of nitrogens with one attached hydrogen (secondary N) is 1. The Hall–Kier alpha value is -1.19. The molecule has 1 aromatic heterocycles. The van der Waals surface area contributed by atoms with Crippen LogP contribution in [0.15, 0.2) is 0 Å². The molecule has 0 saturated carbocycles. The molecule has 0 saturated heterocycles. The average Bonchev–Trinajstić information content (AvgIpc) is 2.62. The molecule has 1 unspecified atom stereocenters. The molecule has 0 amide bonds. The van der Waals surface area contributed by atoms with Crippen LogP contribution >= 0.6 is 0 Å². The van der Waals surface area contributed by atoms with Crippen LogP contribution in [0, 0.1) is 6.92 Å². The maximum atomic E-state index is 6.06. The molecule has 4 heteroatoms. The van der Waals surface area contributed by atoms with Gasteiger partial charge in [-0.05, 0) is 27.2 Å². The van der Waals surface area contributed by atoms with Crippen molar-refractivity contribution in [2.24, 2.45) is 0 Å². The summed E-state index contributed by atoms with van der Waals surface area (Å²) >= 11 is 0. The van der Waals surface area contributed by atoms with Crippen LogP contribution in [0.2, 0.25) is 0 Å². The summed E-state index contributed by atoms with van der Waals surface area (Å²) in [5.41, 5.74) is 7.76. The second kappa shape index (κ2) is 7.29. The third kappa shape index (κ3) is 3.93. The molecule has 0 aliphatic carbocycles. The summed E-state index contributed by atoms with van der Waals surface area (Å²) in [6.07, 6.45) is 6.41. The molecule has 1 atom stereocenters. The lowest BCUT2D eigenvalue weighted by Crippen LogP contribution is -2.18. The highest BCUT2D eigenvalue weighted by Crippen LogP contribution is 2.23. The highest BCUT2D eigenvalue weighted by atomic mass is 15.3. The van der Waals surface area contributed by atoms with Gasteiger partial charge in [0.05, 0.1) is 11.4 Å². The quantitative estimate of drug-likeness (QED) is 0.695. The first kappa shape index (κ1) is 14.9. The molecule has 104 valence electrons. The van der Waals surface area contributed by atoms with Crippen LogP contribution in [-0.4, -0.2) is 15.8 Å². The van der Waals surface area contributed by atoms with Crippen molar-refractivity contribution >= 4 is 11.5 Å². The second-order valence-electron chi connectivity index (χ2n) is 5.06. The summed E-state index contributed by atoms with van der Waals surface area (Å²) in [5, 5.41) is 7.92. The van der Waals surface area contributed by atoms with Crippen molar-refractivity contribution in [3.05, 3.63) is 5.69 Å². The van der Waals surface area contributed by atoms with Crippen LogP contribution in [0.3, 0.4) is 0 Å². The number of unbranched alkanes of at least 4 members (excludes halogenated alkanes) is 3. The lowest BCUT2D eigenvalue weighted by Gasteiger charge is -2.16. The van der Waals surface area contributed by atoms with Crippen molar-refractivity contribution in [1.82, 2.24) is 9.78 Å². The minimum atomic E-state index is 0.450. The molecule has 0 aliphatic rings. The van der Waals surface area contributed by atoms with Crippen LogP contribution in [0.25, 0.3) is 0 Å². The number of rotatable bonds is 8. The van der Waals surface area contributed by atoms with Gasteiger partial charge in [0.15, 0.2) is 0 Å². The molecule has 0 spiro atoms. The number of hydrogen-bond donors (Lipinski definition) is 2. The molecule has 0 radical (unpaired) electrons. The predicted octanol–water partition coefficient (Wildman–Crippen LogP) is 3.56. The van der Waals surface area contributed by atoms with E-state index in [1.165, 1.54) is 32.1 Å². The highest BCUT2D eigenvalue weighted by molar-refractivity contribution is 5.65. The number of hydrogen-bond acceptors (Lipinski definition) is 3. The van der Waals surface area contributed by atoms with Gasteiger partial charge < -0.3 is 11.1 Å². The van der Waals surface area contributed by atoms with E-state index in [0.29, 0.717) is 6.04 Å². The normalized spacial score (nSPS) is 12.7. The van der Waals surface area contributed by atoms with E-state index in [0.717, 1.165) is 23.7 Å². The second-order valence-corrected chi connectivity index (χ2v) is 5.06. The SMILES string of the molecule is CCCCCCC(C)Nc1c(N)c(C)nn1CC. The van der Waals surface area contributed by atoms with E-state index in [2.05, 4.69) is 31.2 Å². The van der Waals surface area contributed by atoms with Gasteiger partial charge in [-0.1, -0.05) is 32.6 Å². The molecule has 0 aromatic carbocycles. The van der Waals surface area contributed by atoms with E-state index < -0.39 is 0 Å². The fourth-order valence-corrected chi connectivity index (χ4v) is 2.16. The Balaban J connectivity index is 2.50. The Kier molecular flexibility index (Phi) is 6.02. The number of nitrogens with zero attached hydrogens (tertiary/aromatic N) is 2. The smallest absolute Gasteiger partial charge is 0.148 e. The van der Waals surface area contributed by atoms with Crippen LogP contribution in [0.5, 0.6) is 0 Å². The minimum Gasteiger partial charge on any atom is -0.394 e. The summed E-state index contributed by atoms with van der Waals surface area (Å²) in [7, 11) is 0. The van der Waals surface area contributed by atoms with Crippen molar-refractivity contribution in [3.63, 3.8) is 0 Å². The van der Waals surface area contributed by atoms with Crippen molar-refractivity contribution < 1.29 is 0 Å². The van der Waals surface area contributed by atoms with Crippen molar-refractivity contribution in [2.45, 2.75) is 72.4 Å². The Morgan fingerprint density at radius 2 is 2.00 bits per heavy atom. The van der Waals surface area contributed by atoms with E-state index >= 15 is 0 Å². The molecular formula is C14H28N4. The van der Waals surface area contributed by atoms with Crippen LogP contribution in [0.1, 0.15) is 58.6 Å². The van der Waals surface area contributed by atoms with Gasteiger partial charge in [-0.3, -0.25) is 0 Å².